The highest BCUT2D eigenvalue weighted by atomic mass is 32.2. The van der Waals surface area contributed by atoms with Gasteiger partial charge in [0.1, 0.15) is 23.1 Å². The van der Waals surface area contributed by atoms with Crippen molar-refractivity contribution in [2.24, 2.45) is 0 Å². The van der Waals surface area contributed by atoms with E-state index in [1.807, 2.05) is 30.3 Å². The first-order valence-electron chi connectivity index (χ1n) is 6.36. The minimum Gasteiger partial charge on any atom is -0.492 e. The van der Waals surface area contributed by atoms with E-state index in [0.29, 0.717) is 5.75 Å². The SMILES string of the molecule is CN(CCOc1ccccc1)S(=O)(=O)c1ccc(N)nc1. The largest absolute Gasteiger partial charge is 0.492 e. The molecule has 0 spiro atoms. The molecule has 6 nitrogen and oxygen atoms in total. The standard InChI is InChI=1S/C14H17N3O3S/c1-17(9-10-20-12-5-3-2-4-6-12)21(18,19)13-7-8-14(15)16-11-13/h2-8,11H,9-10H2,1H3,(H2,15,16). The Morgan fingerprint density at radius 1 is 1.19 bits per heavy atom. The van der Waals surface area contributed by atoms with Crippen LogP contribution in [0.2, 0.25) is 0 Å². The molecule has 0 fully saturated rings. The lowest BCUT2D eigenvalue weighted by molar-refractivity contribution is 0.287. The lowest BCUT2D eigenvalue weighted by atomic mass is 10.3. The smallest absolute Gasteiger partial charge is 0.244 e. The van der Waals surface area contributed by atoms with Crippen LogP contribution in [-0.2, 0) is 10.0 Å². The summed E-state index contributed by atoms with van der Waals surface area (Å²) in [6.07, 6.45) is 1.25. The predicted molar refractivity (Wildman–Crippen MR) is 80.4 cm³/mol. The highest BCUT2D eigenvalue weighted by Crippen LogP contribution is 2.14. The van der Waals surface area contributed by atoms with E-state index < -0.39 is 10.0 Å². The molecule has 2 aromatic rings. The molecule has 7 heteroatoms. The van der Waals surface area contributed by atoms with Crippen LogP contribution in [0.1, 0.15) is 0 Å². The second kappa shape index (κ2) is 6.55. The first-order valence-corrected chi connectivity index (χ1v) is 7.80. The molecule has 1 aromatic carbocycles. The number of nitrogens with zero attached hydrogens (tertiary/aromatic N) is 2. The number of hydrogen-bond donors (Lipinski definition) is 1. The molecule has 0 atom stereocenters. The molecule has 0 radical (unpaired) electrons. The minimum atomic E-state index is -3.57. The van der Waals surface area contributed by atoms with Crippen LogP contribution in [0.4, 0.5) is 5.82 Å². The van der Waals surface area contributed by atoms with Gasteiger partial charge in [-0.2, -0.15) is 4.31 Å². The Morgan fingerprint density at radius 2 is 1.90 bits per heavy atom. The first kappa shape index (κ1) is 15.3. The summed E-state index contributed by atoms with van der Waals surface area (Å²) < 4.78 is 31.3. The van der Waals surface area contributed by atoms with Crippen molar-refractivity contribution in [2.45, 2.75) is 4.90 Å². The fraction of sp³-hybridized carbons (Fsp3) is 0.214. The molecule has 1 heterocycles. The van der Waals surface area contributed by atoms with Crippen molar-refractivity contribution in [2.75, 3.05) is 25.9 Å². The van der Waals surface area contributed by atoms with Crippen molar-refractivity contribution in [3.63, 3.8) is 0 Å². The number of rotatable bonds is 6. The molecule has 2 N–H and O–H groups in total. The molecule has 0 aliphatic carbocycles. The van der Waals surface area contributed by atoms with E-state index in [9.17, 15) is 8.42 Å². The van der Waals surface area contributed by atoms with Gasteiger partial charge in [-0.25, -0.2) is 13.4 Å². The predicted octanol–water partition coefficient (Wildman–Crippen LogP) is 1.36. The third kappa shape index (κ3) is 3.93. The Morgan fingerprint density at radius 3 is 2.52 bits per heavy atom. The van der Waals surface area contributed by atoms with E-state index in [0.717, 1.165) is 0 Å². The lowest BCUT2D eigenvalue weighted by Crippen LogP contribution is -2.31. The van der Waals surface area contributed by atoms with E-state index in [4.69, 9.17) is 10.5 Å². The van der Waals surface area contributed by atoms with Crippen molar-refractivity contribution in [1.82, 2.24) is 9.29 Å². The van der Waals surface area contributed by atoms with Gasteiger partial charge in [0.2, 0.25) is 10.0 Å². The van der Waals surface area contributed by atoms with E-state index in [1.54, 1.807) is 0 Å². The van der Waals surface area contributed by atoms with Gasteiger partial charge >= 0.3 is 0 Å². The maximum atomic E-state index is 12.3. The number of likely N-dealkylation sites (N-methyl/N-ethyl adjacent to an activating group) is 1. The number of aromatic nitrogens is 1. The number of benzene rings is 1. The molecular weight excluding hydrogens is 290 g/mol. The third-order valence-electron chi connectivity index (χ3n) is 2.89. The van der Waals surface area contributed by atoms with Crippen molar-refractivity contribution >= 4 is 15.8 Å². The van der Waals surface area contributed by atoms with Crippen LogP contribution in [0.5, 0.6) is 5.75 Å². The zero-order chi connectivity index (χ0) is 15.3. The van der Waals surface area contributed by atoms with Crippen molar-refractivity contribution in [3.8, 4) is 5.75 Å². The maximum Gasteiger partial charge on any atom is 0.244 e. The van der Waals surface area contributed by atoms with Gasteiger partial charge < -0.3 is 10.5 Å². The summed E-state index contributed by atoms with van der Waals surface area (Å²) >= 11 is 0. The zero-order valence-corrected chi connectivity index (χ0v) is 12.5. The number of nitrogens with two attached hydrogens (primary N) is 1. The first-order chi connectivity index (χ1) is 10.00. The molecule has 0 unspecified atom stereocenters. The number of nitrogen functional groups attached to an aromatic ring is 1. The van der Waals surface area contributed by atoms with E-state index >= 15 is 0 Å². The molecule has 0 bridgehead atoms. The molecule has 0 aliphatic heterocycles. The number of sulfonamides is 1. The number of pyridine rings is 1. The fourth-order valence-electron chi connectivity index (χ4n) is 1.65. The summed E-state index contributed by atoms with van der Waals surface area (Å²) in [4.78, 5) is 3.91. The quantitative estimate of drug-likeness (QED) is 0.871. The van der Waals surface area contributed by atoms with E-state index in [-0.39, 0.29) is 23.9 Å². The molecule has 0 amide bonds. The Labute approximate surface area is 124 Å². The summed E-state index contributed by atoms with van der Waals surface area (Å²) in [7, 11) is -2.07. The molecule has 112 valence electrons. The molecule has 0 saturated heterocycles. The van der Waals surface area contributed by atoms with Crippen LogP contribution in [0.25, 0.3) is 0 Å². The second-order valence-corrected chi connectivity index (χ2v) is 6.45. The zero-order valence-electron chi connectivity index (χ0n) is 11.6. The Balaban J connectivity index is 1.96. The normalized spacial score (nSPS) is 11.5. The van der Waals surface area contributed by atoms with Gasteiger partial charge in [-0.3, -0.25) is 0 Å². The number of anilines is 1. The highest BCUT2D eigenvalue weighted by Gasteiger charge is 2.20. The summed E-state index contributed by atoms with van der Waals surface area (Å²) in [6, 6.07) is 12.1. The Kier molecular flexibility index (Phi) is 4.77. The van der Waals surface area contributed by atoms with Gasteiger partial charge in [0.25, 0.3) is 0 Å². The molecular formula is C14H17N3O3S. The van der Waals surface area contributed by atoms with E-state index in [2.05, 4.69) is 4.98 Å². The van der Waals surface area contributed by atoms with Gasteiger partial charge in [0.05, 0.1) is 0 Å². The highest BCUT2D eigenvalue weighted by molar-refractivity contribution is 7.89. The summed E-state index contributed by atoms with van der Waals surface area (Å²) in [6.45, 7) is 0.504. The summed E-state index contributed by atoms with van der Waals surface area (Å²) in [5, 5.41) is 0. The molecule has 1 aromatic heterocycles. The lowest BCUT2D eigenvalue weighted by Gasteiger charge is -2.17. The fourth-order valence-corrected chi connectivity index (χ4v) is 2.75. The molecule has 2 rings (SSSR count). The van der Waals surface area contributed by atoms with Crippen LogP contribution in [-0.4, -0.2) is 37.9 Å². The number of para-hydroxylation sites is 1. The van der Waals surface area contributed by atoms with Crippen molar-refractivity contribution in [3.05, 3.63) is 48.7 Å². The van der Waals surface area contributed by atoms with Gasteiger partial charge in [-0.15, -0.1) is 0 Å². The average Bonchev–Trinajstić information content (AvgIpc) is 2.48. The van der Waals surface area contributed by atoms with Crippen molar-refractivity contribution < 1.29 is 13.2 Å². The monoisotopic (exact) mass is 307 g/mol. The van der Waals surface area contributed by atoms with Gasteiger partial charge in [-0.05, 0) is 24.3 Å². The maximum absolute atomic E-state index is 12.3. The van der Waals surface area contributed by atoms with Crippen LogP contribution in [0.3, 0.4) is 0 Å². The molecule has 21 heavy (non-hydrogen) atoms. The van der Waals surface area contributed by atoms with Crippen LogP contribution < -0.4 is 10.5 Å². The molecule has 0 saturated carbocycles. The van der Waals surface area contributed by atoms with Crippen LogP contribution in [0, 0.1) is 0 Å². The summed E-state index contributed by atoms with van der Waals surface area (Å²) in [5.74, 6) is 0.987. The third-order valence-corrected chi connectivity index (χ3v) is 4.73. The van der Waals surface area contributed by atoms with Crippen LogP contribution >= 0.6 is 0 Å². The van der Waals surface area contributed by atoms with Gasteiger partial charge in [0.15, 0.2) is 0 Å². The topological polar surface area (TPSA) is 85.5 Å². The molecule has 0 aliphatic rings. The second-order valence-electron chi connectivity index (χ2n) is 4.41. The number of hydrogen-bond acceptors (Lipinski definition) is 5. The number of ether oxygens (including phenoxy) is 1. The van der Waals surface area contributed by atoms with Gasteiger partial charge in [-0.1, -0.05) is 18.2 Å². The van der Waals surface area contributed by atoms with E-state index in [1.165, 1.54) is 29.7 Å². The minimum absolute atomic E-state index is 0.110. The average molecular weight is 307 g/mol. The van der Waals surface area contributed by atoms with Gasteiger partial charge in [0, 0.05) is 19.8 Å². The Bertz CT molecular complexity index is 672. The van der Waals surface area contributed by atoms with Crippen molar-refractivity contribution in [1.29, 1.82) is 0 Å². The summed E-state index contributed by atoms with van der Waals surface area (Å²) in [5.41, 5.74) is 5.45. The Hall–Kier alpha value is -2.12. The van der Waals surface area contributed by atoms with Crippen LogP contribution in [0.15, 0.2) is 53.6 Å².